The number of nitrogens with zero attached hydrogens (tertiary/aromatic N) is 1. The van der Waals surface area contributed by atoms with E-state index in [2.05, 4.69) is 10.5 Å². The molecule has 0 atom stereocenters. The second-order valence-electron chi connectivity index (χ2n) is 4.21. The Labute approximate surface area is 111 Å². The second-order valence-corrected chi connectivity index (χ2v) is 4.21. The van der Waals surface area contributed by atoms with Crippen molar-refractivity contribution in [3.8, 4) is 5.75 Å². The molecule has 0 radical (unpaired) electrons. The summed E-state index contributed by atoms with van der Waals surface area (Å²) in [6.07, 6.45) is 0. The van der Waals surface area contributed by atoms with E-state index in [0.29, 0.717) is 18.0 Å². The zero-order valence-electron chi connectivity index (χ0n) is 11.2. The van der Waals surface area contributed by atoms with E-state index in [-0.39, 0.29) is 5.91 Å². The summed E-state index contributed by atoms with van der Waals surface area (Å²) in [5.41, 5.74) is 2.00. The van der Waals surface area contributed by atoms with Gasteiger partial charge < -0.3 is 14.6 Å². The minimum atomic E-state index is -0.250. The number of carbonyl (C=O) groups excluding carboxylic acids is 1. The Balaban J connectivity index is 2.07. The molecule has 0 aliphatic rings. The summed E-state index contributed by atoms with van der Waals surface area (Å²) in [5.74, 6) is 1.15. The molecule has 2 aromatic rings. The zero-order chi connectivity index (χ0) is 13.8. The minimum Gasteiger partial charge on any atom is -0.496 e. The first-order chi connectivity index (χ1) is 9.13. The van der Waals surface area contributed by atoms with Crippen LogP contribution < -0.4 is 10.1 Å². The lowest BCUT2D eigenvalue weighted by Crippen LogP contribution is -2.24. The van der Waals surface area contributed by atoms with Crippen LogP contribution in [0.2, 0.25) is 0 Å². The van der Waals surface area contributed by atoms with E-state index in [4.69, 9.17) is 9.26 Å². The Bertz CT molecular complexity index is 590. The van der Waals surface area contributed by atoms with Crippen molar-refractivity contribution < 1.29 is 14.1 Å². The van der Waals surface area contributed by atoms with Gasteiger partial charge >= 0.3 is 0 Å². The van der Waals surface area contributed by atoms with Gasteiger partial charge in [-0.1, -0.05) is 23.4 Å². The molecular weight excluding hydrogens is 244 g/mol. The van der Waals surface area contributed by atoms with Crippen LogP contribution >= 0.6 is 0 Å². The van der Waals surface area contributed by atoms with Crippen LogP contribution in [0.25, 0.3) is 0 Å². The molecule has 0 aliphatic carbocycles. The van der Waals surface area contributed by atoms with E-state index in [1.165, 1.54) is 0 Å². The molecule has 0 saturated heterocycles. The lowest BCUT2D eigenvalue weighted by atomic mass is 10.2. The number of benzene rings is 1. The predicted octanol–water partition coefficient (Wildman–Crippen LogP) is 2.23. The van der Waals surface area contributed by atoms with E-state index in [1.807, 2.05) is 31.2 Å². The third-order valence-electron chi connectivity index (χ3n) is 3.00. The molecule has 0 aliphatic heterocycles. The molecule has 0 fully saturated rings. The quantitative estimate of drug-likeness (QED) is 0.915. The van der Waals surface area contributed by atoms with Crippen LogP contribution in [0.15, 0.2) is 28.8 Å². The maximum atomic E-state index is 12.0. The molecule has 2 rings (SSSR count). The molecular formula is C14H16N2O3. The van der Waals surface area contributed by atoms with Gasteiger partial charge in [-0.2, -0.15) is 0 Å². The van der Waals surface area contributed by atoms with Crippen LogP contribution in [0.4, 0.5) is 0 Å². The second kappa shape index (κ2) is 5.56. The molecule has 0 saturated carbocycles. The molecule has 5 heteroatoms. The number of amides is 1. The predicted molar refractivity (Wildman–Crippen MR) is 70.1 cm³/mol. The molecule has 19 heavy (non-hydrogen) atoms. The average molecular weight is 260 g/mol. The summed E-state index contributed by atoms with van der Waals surface area (Å²) in [5, 5.41) is 6.55. The summed E-state index contributed by atoms with van der Waals surface area (Å²) in [7, 11) is 1.60. The smallest absolute Gasteiger partial charge is 0.274 e. The minimum absolute atomic E-state index is 0.250. The number of hydrogen-bond donors (Lipinski definition) is 1. The average Bonchev–Trinajstić information content (AvgIpc) is 2.77. The Morgan fingerprint density at radius 2 is 2.11 bits per heavy atom. The first-order valence-electron chi connectivity index (χ1n) is 5.96. The summed E-state index contributed by atoms with van der Waals surface area (Å²) in [4.78, 5) is 12.0. The molecule has 0 unspecified atom stereocenters. The maximum absolute atomic E-state index is 12.0. The maximum Gasteiger partial charge on any atom is 0.274 e. The Morgan fingerprint density at radius 3 is 2.74 bits per heavy atom. The standard InChI is InChI=1S/C14H16N2O3/c1-9-10(2)19-16-13(9)14(17)15-8-11-6-4-5-7-12(11)18-3/h4-7H,8H2,1-3H3,(H,15,17). The largest absolute Gasteiger partial charge is 0.496 e. The SMILES string of the molecule is COc1ccccc1CNC(=O)c1noc(C)c1C. The van der Waals surface area contributed by atoms with Gasteiger partial charge in [0.25, 0.3) is 5.91 Å². The van der Waals surface area contributed by atoms with Gasteiger partial charge in [0.15, 0.2) is 5.69 Å². The highest BCUT2D eigenvalue weighted by atomic mass is 16.5. The molecule has 100 valence electrons. The normalized spacial score (nSPS) is 10.3. The van der Waals surface area contributed by atoms with Crippen molar-refractivity contribution >= 4 is 5.91 Å². The Kier molecular flexibility index (Phi) is 3.85. The highest BCUT2D eigenvalue weighted by Crippen LogP contribution is 2.17. The number of rotatable bonds is 4. The number of aromatic nitrogens is 1. The monoisotopic (exact) mass is 260 g/mol. The van der Waals surface area contributed by atoms with Gasteiger partial charge in [0.2, 0.25) is 0 Å². The van der Waals surface area contributed by atoms with Gasteiger partial charge in [-0.05, 0) is 19.9 Å². The highest BCUT2D eigenvalue weighted by Gasteiger charge is 2.16. The van der Waals surface area contributed by atoms with Crippen molar-refractivity contribution in [3.63, 3.8) is 0 Å². The molecule has 1 N–H and O–H groups in total. The number of nitrogens with one attached hydrogen (secondary N) is 1. The van der Waals surface area contributed by atoms with Crippen molar-refractivity contribution in [2.45, 2.75) is 20.4 Å². The van der Waals surface area contributed by atoms with Crippen molar-refractivity contribution in [1.29, 1.82) is 0 Å². The molecule has 0 spiro atoms. The van der Waals surface area contributed by atoms with Gasteiger partial charge in [0, 0.05) is 17.7 Å². The summed E-state index contributed by atoms with van der Waals surface area (Å²) in [6.45, 7) is 3.97. The molecule has 5 nitrogen and oxygen atoms in total. The third kappa shape index (κ3) is 2.76. The lowest BCUT2D eigenvalue weighted by Gasteiger charge is -2.08. The Hall–Kier alpha value is -2.30. The van der Waals surface area contributed by atoms with Crippen molar-refractivity contribution in [2.75, 3.05) is 7.11 Å². The highest BCUT2D eigenvalue weighted by molar-refractivity contribution is 5.93. The van der Waals surface area contributed by atoms with Crippen LogP contribution in [-0.2, 0) is 6.54 Å². The van der Waals surface area contributed by atoms with Gasteiger partial charge in [0.1, 0.15) is 11.5 Å². The van der Waals surface area contributed by atoms with Crippen molar-refractivity contribution in [2.24, 2.45) is 0 Å². The van der Waals surface area contributed by atoms with Crippen molar-refractivity contribution in [1.82, 2.24) is 10.5 Å². The van der Waals surface area contributed by atoms with E-state index >= 15 is 0 Å². The van der Waals surface area contributed by atoms with Crippen LogP contribution in [0.5, 0.6) is 5.75 Å². The van der Waals surface area contributed by atoms with Crippen LogP contribution in [0, 0.1) is 13.8 Å². The number of para-hydroxylation sites is 1. The summed E-state index contributed by atoms with van der Waals surface area (Å²) < 4.78 is 10.2. The van der Waals surface area contributed by atoms with Crippen LogP contribution in [-0.4, -0.2) is 18.2 Å². The number of carbonyl (C=O) groups is 1. The van der Waals surface area contributed by atoms with Gasteiger partial charge in [-0.25, -0.2) is 0 Å². The topological polar surface area (TPSA) is 64.4 Å². The van der Waals surface area contributed by atoms with Crippen LogP contribution in [0.1, 0.15) is 27.4 Å². The fraction of sp³-hybridized carbons (Fsp3) is 0.286. The molecule has 1 heterocycles. The molecule has 0 bridgehead atoms. The first-order valence-corrected chi connectivity index (χ1v) is 5.96. The number of aryl methyl sites for hydroxylation is 1. The van der Waals surface area contributed by atoms with Gasteiger partial charge in [-0.3, -0.25) is 4.79 Å². The first kappa shape index (κ1) is 13.1. The molecule has 1 aromatic heterocycles. The molecule has 1 amide bonds. The molecule has 1 aromatic carbocycles. The lowest BCUT2D eigenvalue weighted by molar-refractivity contribution is 0.0941. The number of ether oxygens (including phenoxy) is 1. The van der Waals surface area contributed by atoms with Crippen molar-refractivity contribution in [3.05, 3.63) is 46.8 Å². The van der Waals surface area contributed by atoms with Gasteiger partial charge in [-0.15, -0.1) is 0 Å². The fourth-order valence-corrected chi connectivity index (χ4v) is 1.74. The Morgan fingerprint density at radius 1 is 1.37 bits per heavy atom. The van der Waals surface area contributed by atoms with E-state index < -0.39 is 0 Å². The zero-order valence-corrected chi connectivity index (χ0v) is 11.2. The number of hydrogen-bond acceptors (Lipinski definition) is 4. The fourth-order valence-electron chi connectivity index (χ4n) is 1.74. The number of methoxy groups -OCH3 is 1. The van der Waals surface area contributed by atoms with E-state index in [9.17, 15) is 4.79 Å². The summed E-state index contributed by atoms with van der Waals surface area (Å²) in [6, 6.07) is 7.54. The van der Waals surface area contributed by atoms with E-state index in [0.717, 1.165) is 16.9 Å². The van der Waals surface area contributed by atoms with Gasteiger partial charge in [0.05, 0.1) is 7.11 Å². The van der Waals surface area contributed by atoms with Crippen LogP contribution in [0.3, 0.4) is 0 Å². The summed E-state index contributed by atoms with van der Waals surface area (Å²) >= 11 is 0. The van der Waals surface area contributed by atoms with E-state index in [1.54, 1.807) is 14.0 Å². The third-order valence-corrected chi connectivity index (χ3v) is 3.00.